The normalized spacial score (nSPS) is 9.44. The van der Waals surface area contributed by atoms with E-state index in [-0.39, 0.29) is 34.1 Å². The Kier molecular flexibility index (Phi) is 5.83. The summed E-state index contributed by atoms with van der Waals surface area (Å²) in [6.07, 6.45) is 0. The van der Waals surface area contributed by atoms with E-state index in [0.717, 1.165) is 5.56 Å². The van der Waals surface area contributed by atoms with Crippen molar-refractivity contribution in [3.8, 4) is 18.2 Å². The molecule has 0 spiro atoms. The van der Waals surface area contributed by atoms with Crippen molar-refractivity contribution in [1.29, 1.82) is 15.8 Å². The third kappa shape index (κ3) is 4.07. The molecule has 0 saturated carbocycles. The van der Waals surface area contributed by atoms with Gasteiger partial charge in [0.15, 0.2) is 17.0 Å². The average Bonchev–Trinajstić information content (AvgIpc) is 2.91. The van der Waals surface area contributed by atoms with Gasteiger partial charge in [-0.05, 0) is 19.4 Å². The van der Waals surface area contributed by atoms with Crippen molar-refractivity contribution in [3.05, 3.63) is 52.8 Å². The zero-order chi connectivity index (χ0) is 20.0. The summed E-state index contributed by atoms with van der Waals surface area (Å²) in [5, 5.41) is 27.5. The summed E-state index contributed by atoms with van der Waals surface area (Å²) in [6, 6.07) is 15.2. The number of nitriles is 3. The lowest BCUT2D eigenvalue weighted by molar-refractivity contribution is -0.114. The molecule has 3 rings (SSSR count). The third-order valence-electron chi connectivity index (χ3n) is 3.42. The van der Waals surface area contributed by atoms with E-state index in [0.29, 0.717) is 12.2 Å². The number of nitrogens with zero attached hydrogens (tertiary/aromatic N) is 6. The molecule has 8 heteroatoms. The minimum absolute atomic E-state index is 0.0868. The Hall–Kier alpha value is -4.22. The number of hydrogen-bond acceptors (Lipinski definition) is 7. The molecule has 8 nitrogen and oxygen atoms in total. The van der Waals surface area contributed by atoms with Crippen LogP contribution in [0.15, 0.2) is 30.3 Å². The van der Waals surface area contributed by atoms with E-state index < -0.39 is 0 Å². The summed E-state index contributed by atoms with van der Waals surface area (Å²) in [4.78, 5) is 17.7. The van der Waals surface area contributed by atoms with E-state index in [1.54, 1.807) is 4.57 Å². The van der Waals surface area contributed by atoms with Gasteiger partial charge in [-0.2, -0.15) is 15.8 Å². The number of ketones is 1. The molecule has 0 amide bonds. The average molecular weight is 357 g/mol. The van der Waals surface area contributed by atoms with Crippen molar-refractivity contribution < 1.29 is 4.79 Å². The first-order valence-corrected chi connectivity index (χ1v) is 7.84. The fourth-order valence-electron chi connectivity index (χ4n) is 2.34. The number of hydrogen-bond donors (Lipinski definition) is 1. The van der Waals surface area contributed by atoms with Gasteiger partial charge < -0.3 is 15.1 Å². The van der Waals surface area contributed by atoms with Crippen LogP contribution in [0.25, 0.3) is 11.2 Å². The molecule has 27 heavy (non-hydrogen) atoms. The molecular weight excluding hydrogens is 342 g/mol. The van der Waals surface area contributed by atoms with Crippen LogP contribution in [0, 0.1) is 34.0 Å². The van der Waals surface area contributed by atoms with Gasteiger partial charge in [0.2, 0.25) is 0 Å². The molecule has 1 aromatic carbocycles. The number of nitrogen functional groups attached to an aromatic ring is 1. The Labute approximate surface area is 155 Å². The van der Waals surface area contributed by atoms with Crippen LogP contribution in [0.1, 0.15) is 36.4 Å². The molecule has 0 fully saturated rings. The Morgan fingerprint density at radius 2 is 1.59 bits per heavy atom. The highest BCUT2D eigenvalue weighted by atomic mass is 16.1. The monoisotopic (exact) mass is 357 g/mol. The van der Waals surface area contributed by atoms with Crippen LogP contribution in [0.2, 0.25) is 0 Å². The molecule has 0 aliphatic carbocycles. The largest absolute Gasteiger partial charge is 0.384 e. The van der Waals surface area contributed by atoms with Gasteiger partial charge in [-0.15, -0.1) is 0 Å². The van der Waals surface area contributed by atoms with Crippen molar-refractivity contribution in [1.82, 2.24) is 14.5 Å². The highest BCUT2D eigenvalue weighted by Gasteiger charge is 2.20. The fraction of sp³-hybridized carbons (Fsp3) is 0.158. The van der Waals surface area contributed by atoms with Crippen molar-refractivity contribution >= 4 is 22.8 Å². The summed E-state index contributed by atoms with van der Waals surface area (Å²) in [6.45, 7) is 3.44. The minimum Gasteiger partial charge on any atom is -0.384 e. The summed E-state index contributed by atoms with van der Waals surface area (Å²) in [7, 11) is 0. The Morgan fingerprint density at radius 3 is 2.11 bits per heavy atom. The Bertz CT molecular complexity index is 1120. The molecule has 2 aromatic heterocycles. The van der Waals surface area contributed by atoms with Crippen LogP contribution in [-0.2, 0) is 11.3 Å². The van der Waals surface area contributed by atoms with Gasteiger partial charge in [0.25, 0.3) is 0 Å². The van der Waals surface area contributed by atoms with Gasteiger partial charge in [0.1, 0.15) is 40.9 Å². The molecule has 0 radical (unpaired) electrons. The highest BCUT2D eigenvalue weighted by molar-refractivity contribution is 5.87. The number of rotatable bonds is 2. The number of fused-ring (bicyclic) bond motifs is 1. The summed E-state index contributed by atoms with van der Waals surface area (Å²) in [5.41, 5.74) is 7.52. The van der Waals surface area contributed by atoms with E-state index >= 15 is 0 Å². The molecule has 0 atom stereocenters. The van der Waals surface area contributed by atoms with Gasteiger partial charge in [-0.3, -0.25) is 0 Å². The second-order valence-corrected chi connectivity index (χ2v) is 5.67. The van der Waals surface area contributed by atoms with Gasteiger partial charge in [0, 0.05) is 0 Å². The van der Waals surface area contributed by atoms with Crippen LogP contribution in [-0.4, -0.2) is 20.3 Å². The van der Waals surface area contributed by atoms with Gasteiger partial charge in [0.05, 0.1) is 6.54 Å². The number of nitrogens with two attached hydrogens (primary N) is 1. The van der Waals surface area contributed by atoms with Crippen LogP contribution in [0.3, 0.4) is 0 Å². The SMILES string of the molecule is CC(C)=O.N#Cc1nc2c(C#N)c(N)n(Cc3ccccc3)c2nc1C#N. The van der Waals surface area contributed by atoms with Gasteiger partial charge >= 0.3 is 0 Å². The number of anilines is 1. The number of aromatic nitrogens is 3. The maximum absolute atomic E-state index is 9.44. The van der Waals surface area contributed by atoms with E-state index in [2.05, 4.69) is 9.97 Å². The second kappa shape index (κ2) is 8.24. The van der Waals surface area contributed by atoms with E-state index in [4.69, 9.17) is 16.3 Å². The molecule has 3 aromatic rings. The fourth-order valence-corrected chi connectivity index (χ4v) is 2.34. The van der Waals surface area contributed by atoms with E-state index in [9.17, 15) is 10.1 Å². The lowest BCUT2D eigenvalue weighted by Crippen LogP contribution is -2.06. The standard InChI is InChI=1S/C16H9N7.C3H6O/c17-6-11-14-16(22-13(8-19)12(7-18)21-14)23(15(11)20)9-10-4-2-1-3-5-10;1-3(2)4/h1-5H,9,20H2;1-2H3. The molecule has 2 N–H and O–H groups in total. The first kappa shape index (κ1) is 19.1. The van der Waals surface area contributed by atoms with Gasteiger partial charge in [-0.25, -0.2) is 9.97 Å². The molecular formula is C19H15N7O. The molecule has 0 aliphatic heterocycles. The van der Waals surface area contributed by atoms with Crippen LogP contribution >= 0.6 is 0 Å². The molecule has 0 aliphatic rings. The van der Waals surface area contributed by atoms with Crippen molar-refractivity contribution in [2.75, 3.05) is 5.73 Å². The number of carbonyl (C=O) groups excluding carboxylic acids is 1. The lowest BCUT2D eigenvalue weighted by Gasteiger charge is -2.07. The minimum atomic E-state index is -0.117. The van der Waals surface area contributed by atoms with E-state index in [1.807, 2.05) is 48.5 Å². The number of Topliss-reactive ketones (excluding diaryl/α,β-unsaturated/α-hetero) is 1. The predicted molar refractivity (Wildman–Crippen MR) is 98.0 cm³/mol. The Balaban J connectivity index is 0.000000596. The number of benzene rings is 1. The zero-order valence-corrected chi connectivity index (χ0v) is 14.8. The molecule has 2 heterocycles. The Morgan fingerprint density at radius 1 is 1.04 bits per heavy atom. The quantitative estimate of drug-likeness (QED) is 0.740. The molecule has 0 saturated heterocycles. The van der Waals surface area contributed by atoms with E-state index in [1.165, 1.54) is 13.8 Å². The molecule has 0 unspecified atom stereocenters. The van der Waals surface area contributed by atoms with Gasteiger partial charge in [-0.1, -0.05) is 30.3 Å². The van der Waals surface area contributed by atoms with Crippen LogP contribution < -0.4 is 5.73 Å². The summed E-state index contributed by atoms with van der Waals surface area (Å²) in [5.74, 6) is 0.380. The smallest absolute Gasteiger partial charge is 0.179 e. The first-order valence-electron chi connectivity index (χ1n) is 7.84. The topological polar surface area (TPSA) is 145 Å². The zero-order valence-electron chi connectivity index (χ0n) is 14.8. The molecule has 132 valence electrons. The highest BCUT2D eigenvalue weighted by Crippen LogP contribution is 2.26. The third-order valence-corrected chi connectivity index (χ3v) is 3.42. The maximum Gasteiger partial charge on any atom is 0.179 e. The predicted octanol–water partition coefficient (Wildman–Crippen LogP) is 2.27. The second-order valence-electron chi connectivity index (χ2n) is 5.67. The number of carbonyl (C=O) groups is 1. The van der Waals surface area contributed by atoms with Crippen LogP contribution in [0.4, 0.5) is 5.82 Å². The maximum atomic E-state index is 9.44. The summed E-state index contributed by atoms with van der Waals surface area (Å²) >= 11 is 0. The van der Waals surface area contributed by atoms with Crippen molar-refractivity contribution in [2.45, 2.75) is 20.4 Å². The summed E-state index contributed by atoms with van der Waals surface area (Å²) < 4.78 is 1.62. The lowest BCUT2D eigenvalue weighted by atomic mass is 10.2. The van der Waals surface area contributed by atoms with Crippen molar-refractivity contribution in [2.24, 2.45) is 0 Å². The van der Waals surface area contributed by atoms with Crippen molar-refractivity contribution in [3.63, 3.8) is 0 Å². The van der Waals surface area contributed by atoms with Crippen LogP contribution in [0.5, 0.6) is 0 Å². The molecule has 0 bridgehead atoms. The first-order chi connectivity index (χ1) is 12.9.